The number of hydrogen-bond acceptors (Lipinski definition) is 5. The van der Waals surface area contributed by atoms with Gasteiger partial charge in [0.1, 0.15) is 4.99 Å². The van der Waals surface area contributed by atoms with Crippen molar-refractivity contribution < 1.29 is 14.8 Å². The third kappa shape index (κ3) is 3.63. The number of aliphatic hydroxyl groups is 1. The van der Waals surface area contributed by atoms with Crippen LogP contribution >= 0.6 is 12.2 Å². The lowest BCUT2D eigenvalue weighted by atomic mass is 9.97. The van der Waals surface area contributed by atoms with Crippen molar-refractivity contribution in [2.24, 2.45) is 0 Å². The number of carbonyl (C=O) groups is 1. The number of rotatable bonds is 3. The van der Waals surface area contributed by atoms with Crippen molar-refractivity contribution in [3.63, 3.8) is 0 Å². The number of carbonyl (C=O) groups excluding carboxylic acids is 1. The first-order valence-electron chi connectivity index (χ1n) is 6.50. The molecule has 1 aromatic carbocycles. The predicted octanol–water partition coefficient (Wildman–Crippen LogP) is 3.04. The van der Waals surface area contributed by atoms with Gasteiger partial charge in [0.25, 0.3) is 11.6 Å². The summed E-state index contributed by atoms with van der Waals surface area (Å²) in [6, 6.07) is 5.25. The minimum Gasteiger partial charge on any atom is -0.512 e. The molecule has 6 nitrogen and oxygen atoms in total. The number of benzene rings is 1. The second kappa shape index (κ2) is 6.45. The predicted molar refractivity (Wildman–Crippen MR) is 81.3 cm³/mol. The number of thiocarbonyl (C=S) groups is 1. The minimum absolute atomic E-state index is 0.0817. The Bertz CT molecular complexity index is 622. The fraction of sp³-hybridized carbons (Fsp3) is 0.286. The van der Waals surface area contributed by atoms with E-state index < -0.39 is 10.8 Å². The monoisotopic (exact) mass is 306 g/mol. The molecule has 0 atom stereocenters. The SMILES string of the molecule is O=C(NC(=S)C1=C(O)CCCC1)c1ccc([N+](=O)[O-])cc1. The van der Waals surface area contributed by atoms with Gasteiger partial charge in [-0.1, -0.05) is 12.2 Å². The average molecular weight is 306 g/mol. The molecule has 110 valence electrons. The molecule has 1 aliphatic rings. The van der Waals surface area contributed by atoms with Gasteiger partial charge in [0, 0.05) is 29.7 Å². The lowest BCUT2D eigenvalue weighted by Gasteiger charge is -2.17. The summed E-state index contributed by atoms with van der Waals surface area (Å²) in [5.74, 6) is -0.212. The second-order valence-electron chi connectivity index (χ2n) is 4.72. The van der Waals surface area contributed by atoms with Gasteiger partial charge in [0.05, 0.1) is 10.7 Å². The lowest BCUT2D eigenvalue weighted by molar-refractivity contribution is -0.384. The van der Waals surface area contributed by atoms with E-state index in [1.165, 1.54) is 24.3 Å². The van der Waals surface area contributed by atoms with Crippen LogP contribution in [0.4, 0.5) is 5.69 Å². The van der Waals surface area contributed by atoms with Gasteiger partial charge in [-0.2, -0.15) is 0 Å². The van der Waals surface area contributed by atoms with Crippen LogP contribution in [-0.2, 0) is 0 Å². The number of hydrogen-bond donors (Lipinski definition) is 2. The molecule has 21 heavy (non-hydrogen) atoms. The minimum atomic E-state index is -0.531. The van der Waals surface area contributed by atoms with E-state index in [1.54, 1.807) is 0 Å². The summed E-state index contributed by atoms with van der Waals surface area (Å²) in [5, 5.41) is 22.9. The summed E-state index contributed by atoms with van der Waals surface area (Å²) >= 11 is 5.14. The van der Waals surface area contributed by atoms with Crippen LogP contribution < -0.4 is 5.32 Å². The van der Waals surface area contributed by atoms with E-state index in [9.17, 15) is 20.0 Å². The summed E-state index contributed by atoms with van der Waals surface area (Å²) in [7, 11) is 0. The molecule has 0 bridgehead atoms. The van der Waals surface area contributed by atoms with Crippen LogP contribution in [0.2, 0.25) is 0 Å². The van der Waals surface area contributed by atoms with Crippen molar-refractivity contribution in [3.05, 3.63) is 51.3 Å². The van der Waals surface area contributed by atoms with Crippen LogP contribution in [0.5, 0.6) is 0 Å². The number of amides is 1. The molecule has 7 heteroatoms. The molecule has 0 unspecified atom stereocenters. The Morgan fingerprint density at radius 1 is 1.24 bits per heavy atom. The van der Waals surface area contributed by atoms with Crippen molar-refractivity contribution in [1.29, 1.82) is 0 Å². The number of nitrogens with zero attached hydrogens (tertiary/aromatic N) is 1. The molecule has 0 spiro atoms. The molecule has 0 aliphatic heterocycles. The lowest BCUT2D eigenvalue weighted by Crippen LogP contribution is -2.31. The standard InChI is InChI=1S/C14H14N2O4S/c17-12-4-2-1-3-11(12)14(21)15-13(18)9-5-7-10(8-6-9)16(19)20/h5-8,17H,1-4H2,(H,15,18,21). The fourth-order valence-electron chi connectivity index (χ4n) is 2.12. The Morgan fingerprint density at radius 2 is 1.86 bits per heavy atom. The van der Waals surface area contributed by atoms with Crippen molar-refractivity contribution in [2.75, 3.05) is 0 Å². The zero-order valence-corrected chi connectivity index (χ0v) is 12.0. The maximum absolute atomic E-state index is 12.0. The Morgan fingerprint density at radius 3 is 2.43 bits per heavy atom. The van der Waals surface area contributed by atoms with Crippen LogP contribution in [0.25, 0.3) is 0 Å². The topological polar surface area (TPSA) is 92.5 Å². The molecule has 2 N–H and O–H groups in total. The average Bonchev–Trinajstić information content (AvgIpc) is 2.47. The maximum Gasteiger partial charge on any atom is 0.269 e. The van der Waals surface area contributed by atoms with E-state index in [2.05, 4.69) is 5.32 Å². The van der Waals surface area contributed by atoms with Crippen molar-refractivity contribution >= 4 is 28.8 Å². The molecule has 1 amide bonds. The Labute approximate surface area is 126 Å². The van der Waals surface area contributed by atoms with E-state index in [0.29, 0.717) is 18.4 Å². The second-order valence-corrected chi connectivity index (χ2v) is 5.13. The van der Waals surface area contributed by atoms with Crippen LogP contribution in [0, 0.1) is 10.1 Å². The first kappa shape index (κ1) is 15.1. The molecule has 0 saturated carbocycles. The summed E-state index contributed by atoms with van der Waals surface area (Å²) in [6.45, 7) is 0. The Hall–Kier alpha value is -2.28. The Kier molecular flexibility index (Phi) is 4.64. The number of aliphatic hydroxyl groups excluding tert-OH is 1. The van der Waals surface area contributed by atoms with Crippen LogP contribution in [0.15, 0.2) is 35.6 Å². The largest absolute Gasteiger partial charge is 0.512 e. The highest BCUT2D eigenvalue weighted by atomic mass is 32.1. The number of nitro groups is 1. The first-order valence-corrected chi connectivity index (χ1v) is 6.91. The molecule has 0 saturated heterocycles. The zero-order valence-electron chi connectivity index (χ0n) is 11.2. The molecule has 0 aromatic heterocycles. The van der Waals surface area contributed by atoms with E-state index in [4.69, 9.17) is 12.2 Å². The molecule has 0 heterocycles. The summed E-state index contributed by atoms with van der Waals surface area (Å²) < 4.78 is 0. The molecule has 0 radical (unpaired) electrons. The molecule has 2 rings (SSSR count). The van der Waals surface area contributed by atoms with Crippen LogP contribution in [-0.4, -0.2) is 20.9 Å². The summed E-state index contributed by atoms with van der Waals surface area (Å²) in [6.07, 6.45) is 3.05. The molecule has 1 aromatic rings. The smallest absolute Gasteiger partial charge is 0.269 e. The van der Waals surface area contributed by atoms with E-state index in [-0.39, 0.29) is 22.0 Å². The highest BCUT2D eigenvalue weighted by Gasteiger charge is 2.18. The van der Waals surface area contributed by atoms with E-state index in [1.807, 2.05) is 0 Å². The van der Waals surface area contributed by atoms with Crippen molar-refractivity contribution in [2.45, 2.75) is 25.7 Å². The van der Waals surface area contributed by atoms with Gasteiger partial charge in [-0.15, -0.1) is 0 Å². The third-order valence-corrected chi connectivity index (χ3v) is 3.63. The zero-order chi connectivity index (χ0) is 15.4. The molecular formula is C14H14N2O4S. The highest BCUT2D eigenvalue weighted by molar-refractivity contribution is 7.80. The fourth-order valence-corrected chi connectivity index (χ4v) is 2.43. The number of allylic oxidation sites excluding steroid dienone is 1. The van der Waals surface area contributed by atoms with Gasteiger partial charge < -0.3 is 10.4 Å². The number of nitro benzene ring substituents is 1. The number of nitrogens with one attached hydrogen (secondary N) is 1. The molecule has 0 fully saturated rings. The van der Waals surface area contributed by atoms with Gasteiger partial charge in [-0.25, -0.2) is 0 Å². The normalized spacial score (nSPS) is 14.7. The summed E-state index contributed by atoms with van der Waals surface area (Å²) in [5.41, 5.74) is 0.798. The van der Waals surface area contributed by atoms with Crippen molar-refractivity contribution in [1.82, 2.24) is 5.32 Å². The van der Waals surface area contributed by atoms with E-state index >= 15 is 0 Å². The summed E-state index contributed by atoms with van der Waals surface area (Å²) in [4.78, 5) is 22.3. The third-order valence-electron chi connectivity index (χ3n) is 3.28. The van der Waals surface area contributed by atoms with Gasteiger partial charge in [-0.3, -0.25) is 14.9 Å². The van der Waals surface area contributed by atoms with E-state index in [0.717, 1.165) is 12.8 Å². The number of non-ortho nitro benzene ring substituents is 1. The van der Waals surface area contributed by atoms with Gasteiger partial charge in [-0.05, 0) is 31.4 Å². The Balaban J connectivity index is 2.07. The highest BCUT2D eigenvalue weighted by Crippen LogP contribution is 2.23. The van der Waals surface area contributed by atoms with Gasteiger partial charge >= 0.3 is 0 Å². The quantitative estimate of drug-likeness (QED) is 0.508. The molecule has 1 aliphatic carbocycles. The van der Waals surface area contributed by atoms with Crippen LogP contribution in [0.3, 0.4) is 0 Å². The first-order chi connectivity index (χ1) is 9.99. The van der Waals surface area contributed by atoms with Crippen molar-refractivity contribution in [3.8, 4) is 0 Å². The molecular weight excluding hydrogens is 292 g/mol. The van der Waals surface area contributed by atoms with Gasteiger partial charge in [0.15, 0.2) is 0 Å². The van der Waals surface area contributed by atoms with Crippen LogP contribution in [0.1, 0.15) is 36.0 Å². The maximum atomic E-state index is 12.0. The van der Waals surface area contributed by atoms with Gasteiger partial charge in [0.2, 0.25) is 0 Å².